The summed E-state index contributed by atoms with van der Waals surface area (Å²) in [7, 11) is 0. The largest absolute Gasteiger partial charge is 0.396 e. The molecule has 4 nitrogen and oxygen atoms in total. The molecule has 2 N–H and O–H groups in total. The number of aliphatic hydroxyl groups is 1. The highest BCUT2D eigenvalue weighted by Crippen LogP contribution is 2.30. The summed E-state index contributed by atoms with van der Waals surface area (Å²) in [6, 6.07) is 3.84. The minimum atomic E-state index is -0.0583. The molecule has 0 atom stereocenters. The van der Waals surface area contributed by atoms with Gasteiger partial charge in [0.25, 0.3) is 5.91 Å². The highest BCUT2D eigenvalue weighted by Gasteiger charge is 2.20. The molecule has 2 heterocycles. The number of pyridine rings is 1. The highest BCUT2D eigenvalue weighted by atomic mass is 32.2. The van der Waals surface area contributed by atoms with E-state index < -0.39 is 0 Å². The number of anilines is 1. The van der Waals surface area contributed by atoms with E-state index >= 15 is 0 Å². The molecule has 0 saturated heterocycles. The molecule has 0 aromatic carbocycles. The zero-order chi connectivity index (χ0) is 16.1. The Balaban J connectivity index is 1.68. The first-order valence-corrected chi connectivity index (χ1v) is 9.85. The van der Waals surface area contributed by atoms with Crippen LogP contribution in [0.3, 0.4) is 0 Å². The highest BCUT2D eigenvalue weighted by molar-refractivity contribution is 7.98. The number of amides is 1. The van der Waals surface area contributed by atoms with Gasteiger partial charge in [0.2, 0.25) is 0 Å². The summed E-state index contributed by atoms with van der Waals surface area (Å²) in [6.45, 7) is 0.183. The van der Waals surface area contributed by atoms with Gasteiger partial charge in [0.15, 0.2) is 0 Å². The Morgan fingerprint density at radius 3 is 3.13 bits per heavy atom. The molecule has 0 radical (unpaired) electrons. The number of aromatic nitrogens is 1. The summed E-state index contributed by atoms with van der Waals surface area (Å²) in [5.41, 5.74) is 3.14. The second-order valence-corrected chi connectivity index (χ2v) is 7.61. The summed E-state index contributed by atoms with van der Waals surface area (Å²) in [5.74, 6) is 2.05. The van der Waals surface area contributed by atoms with Crippen molar-refractivity contribution in [2.75, 3.05) is 17.7 Å². The maximum absolute atomic E-state index is 12.5. The number of thiophene rings is 1. The van der Waals surface area contributed by atoms with Crippen molar-refractivity contribution in [3.8, 4) is 0 Å². The standard InChI is InChI=1S/C17H20N2O2S2/c20-7-8-22-10-12-5-6-18-16(9-12)19-17(21)14-11-23-15-4-2-1-3-13(14)15/h5-6,9,11,20H,1-4,7-8,10H2,(H,18,19,21). The number of aliphatic hydroxyl groups excluding tert-OH is 1. The third-order valence-electron chi connectivity index (χ3n) is 3.88. The molecule has 0 bridgehead atoms. The van der Waals surface area contributed by atoms with Crippen molar-refractivity contribution in [3.05, 3.63) is 45.3 Å². The third-order valence-corrected chi connectivity index (χ3v) is 5.97. The van der Waals surface area contributed by atoms with Gasteiger partial charge in [-0.05, 0) is 48.9 Å². The lowest BCUT2D eigenvalue weighted by Crippen LogP contribution is -2.15. The molecule has 2 aromatic heterocycles. The summed E-state index contributed by atoms with van der Waals surface area (Å²) in [5, 5.41) is 13.7. The summed E-state index contributed by atoms with van der Waals surface area (Å²) in [4.78, 5) is 18.1. The van der Waals surface area contributed by atoms with Gasteiger partial charge in [0, 0.05) is 28.0 Å². The van der Waals surface area contributed by atoms with Gasteiger partial charge < -0.3 is 10.4 Å². The maximum atomic E-state index is 12.5. The molecule has 23 heavy (non-hydrogen) atoms. The van der Waals surface area contributed by atoms with Crippen LogP contribution in [-0.2, 0) is 18.6 Å². The van der Waals surface area contributed by atoms with E-state index in [-0.39, 0.29) is 12.5 Å². The van der Waals surface area contributed by atoms with Crippen LogP contribution in [0.5, 0.6) is 0 Å². The summed E-state index contributed by atoms with van der Waals surface area (Å²) in [6.07, 6.45) is 6.22. The fraction of sp³-hybridized carbons (Fsp3) is 0.412. The van der Waals surface area contributed by atoms with Crippen LogP contribution in [0, 0.1) is 0 Å². The second kappa shape index (κ2) is 7.95. The lowest BCUT2D eigenvalue weighted by Gasteiger charge is -2.12. The third kappa shape index (κ3) is 4.13. The summed E-state index contributed by atoms with van der Waals surface area (Å²) >= 11 is 3.36. The molecule has 6 heteroatoms. The summed E-state index contributed by atoms with van der Waals surface area (Å²) < 4.78 is 0. The monoisotopic (exact) mass is 348 g/mol. The van der Waals surface area contributed by atoms with Gasteiger partial charge in [-0.3, -0.25) is 4.79 Å². The van der Waals surface area contributed by atoms with E-state index in [4.69, 9.17) is 5.11 Å². The Kier molecular flexibility index (Phi) is 5.70. The predicted molar refractivity (Wildman–Crippen MR) is 96.4 cm³/mol. The van der Waals surface area contributed by atoms with Crippen molar-refractivity contribution in [1.82, 2.24) is 4.98 Å². The van der Waals surface area contributed by atoms with E-state index in [1.54, 1.807) is 29.3 Å². The first kappa shape index (κ1) is 16.5. The molecule has 1 amide bonds. The van der Waals surface area contributed by atoms with Crippen molar-refractivity contribution in [2.45, 2.75) is 31.4 Å². The number of nitrogens with one attached hydrogen (secondary N) is 1. The zero-order valence-corrected chi connectivity index (χ0v) is 14.5. The van der Waals surface area contributed by atoms with Gasteiger partial charge in [-0.1, -0.05) is 0 Å². The normalized spacial score (nSPS) is 13.6. The van der Waals surface area contributed by atoms with Crippen molar-refractivity contribution in [3.63, 3.8) is 0 Å². The minimum absolute atomic E-state index is 0.0583. The van der Waals surface area contributed by atoms with E-state index in [0.717, 1.165) is 29.7 Å². The topological polar surface area (TPSA) is 62.2 Å². The van der Waals surface area contributed by atoms with E-state index in [2.05, 4.69) is 10.3 Å². The van der Waals surface area contributed by atoms with Gasteiger partial charge in [-0.2, -0.15) is 11.8 Å². The van der Waals surface area contributed by atoms with Crippen molar-refractivity contribution >= 4 is 34.8 Å². The minimum Gasteiger partial charge on any atom is -0.396 e. The molecular weight excluding hydrogens is 328 g/mol. The smallest absolute Gasteiger partial charge is 0.257 e. The molecular formula is C17H20N2O2S2. The first-order chi connectivity index (χ1) is 11.3. The van der Waals surface area contributed by atoms with E-state index in [0.29, 0.717) is 11.6 Å². The average molecular weight is 348 g/mol. The number of aryl methyl sites for hydroxylation is 1. The molecule has 2 aromatic rings. The molecule has 0 fully saturated rings. The van der Waals surface area contributed by atoms with Crippen molar-refractivity contribution < 1.29 is 9.90 Å². The molecule has 122 valence electrons. The number of nitrogens with zero attached hydrogens (tertiary/aromatic N) is 1. The number of carbonyl (C=O) groups excluding carboxylic acids is 1. The fourth-order valence-electron chi connectivity index (χ4n) is 2.75. The van der Waals surface area contributed by atoms with Crippen LogP contribution in [0.1, 0.15) is 39.2 Å². The van der Waals surface area contributed by atoms with Gasteiger partial charge in [0.05, 0.1) is 12.2 Å². The van der Waals surface area contributed by atoms with Crippen LogP contribution in [0.25, 0.3) is 0 Å². The van der Waals surface area contributed by atoms with Crippen molar-refractivity contribution in [2.24, 2.45) is 0 Å². The number of hydrogen-bond acceptors (Lipinski definition) is 5. The van der Waals surface area contributed by atoms with Crippen LogP contribution >= 0.6 is 23.1 Å². The lowest BCUT2D eigenvalue weighted by atomic mass is 9.96. The number of carbonyl (C=O) groups is 1. The average Bonchev–Trinajstić information content (AvgIpc) is 3.00. The van der Waals surface area contributed by atoms with Crippen LogP contribution < -0.4 is 5.32 Å². The Hall–Kier alpha value is -1.37. The molecule has 0 aliphatic heterocycles. The Morgan fingerprint density at radius 1 is 1.39 bits per heavy atom. The Morgan fingerprint density at radius 2 is 2.26 bits per heavy atom. The molecule has 1 aliphatic rings. The lowest BCUT2D eigenvalue weighted by molar-refractivity contribution is 0.102. The van der Waals surface area contributed by atoms with Gasteiger partial charge in [0.1, 0.15) is 5.82 Å². The van der Waals surface area contributed by atoms with E-state index in [1.807, 2.05) is 17.5 Å². The van der Waals surface area contributed by atoms with Gasteiger partial charge >= 0.3 is 0 Å². The quantitative estimate of drug-likeness (QED) is 0.784. The number of rotatable bonds is 6. The van der Waals surface area contributed by atoms with Crippen LogP contribution in [0.2, 0.25) is 0 Å². The molecule has 0 saturated carbocycles. The molecule has 0 spiro atoms. The Bertz CT molecular complexity index is 685. The van der Waals surface area contributed by atoms with Crippen LogP contribution in [0.15, 0.2) is 23.7 Å². The molecule has 0 unspecified atom stereocenters. The zero-order valence-electron chi connectivity index (χ0n) is 12.9. The Labute approximate surface area is 144 Å². The van der Waals surface area contributed by atoms with Crippen molar-refractivity contribution in [1.29, 1.82) is 0 Å². The maximum Gasteiger partial charge on any atom is 0.257 e. The SMILES string of the molecule is O=C(Nc1cc(CSCCO)ccn1)c1csc2c1CCCC2. The van der Waals surface area contributed by atoms with E-state index in [9.17, 15) is 4.79 Å². The molecule has 1 aliphatic carbocycles. The predicted octanol–water partition coefficient (Wildman–Crippen LogP) is 3.50. The van der Waals surface area contributed by atoms with Crippen LogP contribution in [0.4, 0.5) is 5.82 Å². The number of hydrogen-bond donors (Lipinski definition) is 2. The van der Waals surface area contributed by atoms with Crippen LogP contribution in [-0.4, -0.2) is 28.4 Å². The van der Waals surface area contributed by atoms with Gasteiger partial charge in [-0.25, -0.2) is 4.98 Å². The van der Waals surface area contributed by atoms with Gasteiger partial charge in [-0.15, -0.1) is 11.3 Å². The number of thioether (sulfide) groups is 1. The van der Waals surface area contributed by atoms with E-state index in [1.165, 1.54) is 23.3 Å². The first-order valence-electron chi connectivity index (χ1n) is 7.82. The number of fused-ring (bicyclic) bond motifs is 1. The second-order valence-electron chi connectivity index (χ2n) is 5.54. The molecule has 3 rings (SSSR count). The fourth-order valence-corrected chi connectivity index (χ4v) is 4.57.